The van der Waals surface area contributed by atoms with Crippen LogP contribution in [0.25, 0.3) is 10.2 Å². The van der Waals surface area contributed by atoms with Crippen LogP contribution in [0.1, 0.15) is 10.7 Å². The van der Waals surface area contributed by atoms with Crippen molar-refractivity contribution in [3.8, 4) is 0 Å². The van der Waals surface area contributed by atoms with Gasteiger partial charge in [0, 0.05) is 24.9 Å². The third-order valence-electron chi connectivity index (χ3n) is 2.93. The molecule has 0 atom stereocenters. The summed E-state index contributed by atoms with van der Waals surface area (Å²) < 4.78 is 1.13. The molecule has 2 heterocycles. The minimum absolute atomic E-state index is 0.765. The van der Waals surface area contributed by atoms with E-state index in [4.69, 9.17) is 5.73 Å². The van der Waals surface area contributed by atoms with Gasteiger partial charge in [-0.15, -0.1) is 11.3 Å². The fourth-order valence-corrected chi connectivity index (χ4v) is 2.87. The molecule has 19 heavy (non-hydrogen) atoms. The second-order valence-corrected chi connectivity index (χ2v) is 5.63. The Kier molecular flexibility index (Phi) is 3.08. The van der Waals surface area contributed by atoms with Crippen molar-refractivity contribution in [2.75, 3.05) is 17.6 Å². The molecule has 3 aromatic rings. The molecule has 0 saturated heterocycles. The van der Waals surface area contributed by atoms with Gasteiger partial charge < -0.3 is 16.0 Å². The SMILES string of the molecule is Cc1nc2cc(NCCc3cnc[nH]3)c(N)cc2s1. The first-order valence-corrected chi connectivity index (χ1v) is 6.92. The van der Waals surface area contributed by atoms with Gasteiger partial charge in [-0.1, -0.05) is 0 Å². The van der Waals surface area contributed by atoms with Crippen molar-refractivity contribution < 1.29 is 0 Å². The smallest absolute Gasteiger partial charge is 0.0921 e. The van der Waals surface area contributed by atoms with E-state index in [0.717, 1.165) is 45.3 Å². The first kappa shape index (κ1) is 12.0. The Morgan fingerprint density at radius 2 is 2.32 bits per heavy atom. The van der Waals surface area contributed by atoms with Crippen LogP contribution < -0.4 is 11.1 Å². The second kappa shape index (κ2) is 4.89. The molecule has 0 aliphatic rings. The van der Waals surface area contributed by atoms with Crippen molar-refractivity contribution in [2.24, 2.45) is 0 Å². The van der Waals surface area contributed by atoms with E-state index in [1.165, 1.54) is 0 Å². The fourth-order valence-electron chi connectivity index (χ4n) is 2.01. The van der Waals surface area contributed by atoms with Gasteiger partial charge in [0.2, 0.25) is 0 Å². The maximum atomic E-state index is 6.05. The Morgan fingerprint density at radius 3 is 3.11 bits per heavy atom. The lowest BCUT2D eigenvalue weighted by Gasteiger charge is -2.08. The summed E-state index contributed by atoms with van der Waals surface area (Å²) in [4.78, 5) is 11.6. The largest absolute Gasteiger partial charge is 0.397 e. The van der Waals surface area contributed by atoms with E-state index in [2.05, 4.69) is 20.3 Å². The van der Waals surface area contributed by atoms with Crippen LogP contribution in [-0.2, 0) is 6.42 Å². The summed E-state index contributed by atoms with van der Waals surface area (Å²) in [6, 6.07) is 4.00. The summed E-state index contributed by atoms with van der Waals surface area (Å²) in [5.41, 5.74) is 9.87. The number of nitrogens with one attached hydrogen (secondary N) is 2. The Balaban J connectivity index is 1.74. The molecule has 0 amide bonds. The van der Waals surface area contributed by atoms with E-state index in [1.807, 2.05) is 25.3 Å². The number of hydrogen-bond donors (Lipinski definition) is 3. The minimum atomic E-state index is 0.765. The number of nitrogens with two attached hydrogens (primary N) is 1. The molecule has 0 spiro atoms. The van der Waals surface area contributed by atoms with Crippen molar-refractivity contribution in [3.63, 3.8) is 0 Å². The highest BCUT2D eigenvalue weighted by Gasteiger charge is 2.06. The van der Waals surface area contributed by atoms with Crippen LogP contribution in [0.2, 0.25) is 0 Å². The summed E-state index contributed by atoms with van der Waals surface area (Å²) in [5.74, 6) is 0. The summed E-state index contributed by atoms with van der Waals surface area (Å²) >= 11 is 1.66. The van der Waals surface area contributed by atoms with E-state index in [0.29, 0.717) is 0 Å². The van der Waals surface area contributed by atoms with Crippen LogP contribution in [0.4, 0.5) is 11.4 Å². The lowest BCUT2D eigenvalue weighted by atomic mass is 10.2. The van der Waals surface area contributed by atoms with Crippen LogP contribution in [-0.4, -0.2) is 21.5 Å². The van der Waals surface area contributed by atoms with Crippen molar-refractivity contribution in [1.82, 2.24) is 15.0 Å². The Morgan fingerprint density at radius 1 is 1.42 bits per heavy atom. The number of anilines is 2. The first-order chi connectivity index (χ1) is 9.22. The number of H-pyrrole nitrogens is 1. The molecular formula is C13H15N5S. The topological polar surface area (TPSA) is 79.6 Å². The highest BCUT2D eigenvalue weighted by Crippen LogP contribution is 2.29. The van der Waals surface area contributed by atoms with Crippen LogP contribution in [0.5, 0.6) is 0 Å². The van der Waals surface area contributed by atoms with Gasteiger partial charge in [0.1, 0.15) is 0 Å². The monoisotopic (exact) mass is 273 g/mol. The van der Waals surface area contributed by atoms with E-state index < -0.39 is 0 Å². The molecule has 2 aromatic heterocycles. The van der Waals surface area contributed by atoms with E-state index in [-0.39, 0.29) is 0 Å². The Hall–Kier alpha value is -2.08. The summed E-state index contributed by atoms with van der Waals surface area (Å²) in [5, 5.41) is 4.40. The Labute approximate surface area is 114 Å². The number of nitrogens with zero attached hydrogens (tertiary/aromatic N) is 2. The number of rotatable bonds is 4. The van der Waals surface area contributed by atoms with Crippen molar-refractivity contribution >= 4 is 32.9 Å². The van der Waals surface area contributed by atoms with E-state index in [9.17, 15) is 0 Å². The fraction of sp³-hybridized carbons (Fsp3) is 0.231. The third kappa shape index (κ3) is 2.53. The number of benzene rings is 1. The number of aryl methyl sites for hydroxylation is 1. The van der Waals surface area contributed by atoms with Crippen LogP contribution >= 0.6 is 11.3 Å². The normalized spacial score (nSPS) is 11.0. The third-order valence-corrected chi connectivity index (χ3v) is 3.86. The number of fused-ring (bicyclic) bond motifs is 1. The van der Waals surface area contributed by atoms with Crippen LogP contribution in [0.15, 0.2) is 24.7 Å². The zero-order valence-corrected chi connectivity index (χ0v) is 11.4. The predicted octanol–water partition coefficient (Wildman–Crippen LogP) is 2.56. The quantitative estimate of drug-likeness (QED) is 0.638. The number of aromatic amines is 1. The van der Waals surface area contributed by atoms with Gasteiger partial charge in [-0.05, 0) is 19.1 Å². The van der Waals surface area contributed by atoms with Crippen LogP contribution in [0.3, 0.4) is 0 Å². The molecule has 0 fully saturated rings. The van der Waals surface area contributed by atoms with Crippen molar-refractivity contribution in [1.29, 1.82) is 0 Å². The molecular weight excluding hydrogens is 258 g/mol. The summed E-state index contributed by atoms with van der Waals surface area (Å²) in [6.45, 7) is 2.81. The zero-order chi connectivity index (χ0) is 13.2. The van der Waals surface area contributed by atoms with Gasteiger partial charge in [-0.3, -0.25) is 0 Å². The standard InChI is InChI=1S/C13H15N5S/c1-8-18-12-5-11(10(14)4-13(12)19-8)16-3-2-9-6-15-7-17-9/h4-7,16H,2-3,14H2,1H3,(H,15,17). The molecule has 0 unspecified atom stereocenters. The highest BCUT2D eigenvalue weighted by molar-refractivity contribution is 7.18. The molecule has 0 saturated carbocycles. The van der Waals surface area contributed by atoms with E-state index in [1.54, 1.807) is 17.7 Å². The van der Waals surface area contributed by atoms with Crippen LogP contribution in [0, 0.1) is 6.92 Å². The zero-order valence-electron chi connectivity index (χ0n) is 10.6. The number of aromatic nitrogens is 3. The van der Waals surface area contributed by atoms with Crippen molar-refractivity contribution in [2.45, 2.75) is 13.3 Å². The van der Waals surface area contributed by atoms with Gasteiger partial charge in [0.05, 0.1) is 32.9 Å². The van der Waals surface area contributed by atoms with E-state index >= 15 is 0 Å². The molecule has 5 nitrogen and oxygen atoms in total. The number of nitrogen functional groups attached to an aromatic ring is 1. The van der Waals surface area contributed by atoms with Gasteiger partial charge in [0.15, 0.2) is 0 Å². The maximum Gasteiger partial charge on any atom is 0.0921 e. The number of thiazole rings is 1. The molecule has 6 heteroatoms. The van der Waals surface area contributed by atoms with Gasteiger partial charge >= 0.3 is 0 Å². The first-order valence-electron chi connectivity index (χ1n) is 6.10. The molecule has 0 aliphatic heterocycles. The lowest BCUT2D eigenvalue weighted by molar-refractivity contribution is 0.978. The van der Waals surface area contributed by atoms with Crippen molar-refractivity contribution in [3.05, 3.63) is 35.4 Å². The molecule has 4 N–H and O–H groups in total. The molecule has 1 aromatic carbocycles. The number of hydrogen-bond acceptors (Lipinski definition) is 5. The highest BCUT2D eigenvalue weighted by atomic mass is 32.1. The van der Waals surface area contributed by atoms with Gasteiger partial charge in [0.25, 0.3) is 0 Å². The minimum Gasteiger partial charge on any atom is -0.397 e. The summed E-state index contributed by atoms with van der Waals surface area (Å²) in [6.07, 6.45) is 4.40. The van der Waals surface area contributed by atoms with Gasteiger partial charge in [-0.2, -0.15) is 0 Å². The molecule has 0 radical (unpaired) electrons. The average Bonchev–Trinajstić information content (AvgIpc) is 2.98. The van der Waals surface area contributed by atoms with Gasteiger partial charge in [-0.25, -0.2) is 9.97 Å². The number of imidazole rings is 1. The maximum absolute atomic E-state index is 6.05. The molecule has 0 aliphatic carbocycles. The second-order valence-electron chi connectivity index (χ2n) is 4.39. The molecule has 3 rings (SSSR count). The Bertz CT molecular complexity index is 686. The molecule has 0 bridgehead atoms. The lowest BCUT2D eigenvalue weighted by Crippen LogP contribution is -2.07. The molecule has 98 valence electrons. The summed E-state index contributed by atoms with van der Waals surface area (Å²) in [7, 11) is 0. The predicted molar refractivity (Wildman–Crippen MR) is 79.6 cm³/mol. The average molecular weight is 273 g/mol.